The van der Waals surface area contributed by atoms with E-state index >= 15 is 0 Å². The lowest BCUT2D eigenvalue weighted by molar-refractivity contribution is 0.0977. The van der Waals surface area contributed by atoms with Crippen molar-refractivity contribution in [2.45, 2.75) is 13.8 Å². The minimum Gasteiger partial charge on any atom is -0.368 e. The molecule has 0 saturated carbocycles. The van der Waals surface area contributed by atoms with Gasteiger partial charge in [-0.25, -0.2) is 0 Å². The minimum absolute atomic E-state index is 0.238. The third kappa shape index (κ3) is 5.22. The molecule has 1 aliphatic rings. The fourth-order valence-corrected chi connectivity index (χ4v) is 3.78. The number of aryl methyl sites for hydroxylation is 1. The first-order valence-corrected chi connectivity index (χ1v) is 10.2. The summed E-state index contributed by atoms with van der Waals surface area (Å²) in [5.41, 5.74) is 3.37. The third-order valence-electron chi connectivity index (χ3n) is 4.87. The second-order valence-electron chi connectivity index (χ2n) is 6.87. The van der Waals surface area contributed by atoms with Crippen LogP contribution >= 0.6 is 23.8 Å². The van der Waals surface area contributed by atoms with E-state index in [1.54, 1.807) is 6.07 Å². The van der Waals surface area contributed by atoms with E-state index in [0.29, 0.717) is 10.6 Å². The average Bonchev–Trinajstić information content (AvgIpc) is 2.68. The van der Waals surface area contributed by atoms with E-state index in [-0.39, 0.29) is 11.0 Å². The molecule has 0 atom stereocenters. The number of carbonyl (C=O) groups excluding carboxylic acids is 1. The minimum atomic E-state index is -0.238. The van der Waals surface area contributed by atoms with E-state index < -0.39 is 0 Å². The fraction of sp³-hybridized carbons (Fsp3) is 0.333. The standard InChI is InChI=1S/C21H25ClN4OS/c1-3-25-9-11-26(12-10-25)19-8-7-17(14-18(19)22)23-21(28)24-20(27)16-6-4-5-15(2)13-16/h4-8,13-14H,3,9-12H2,1-2H3,(H2,23,24,27,28). The van der Waals surface area contributed by atoms with Gasteiger partial charge < -0.3 is 15.1 Å². The number of likely N-dealkylation sites (N-methyl/N-ethyl adjacent to an activating group) is 1. The molecule has 2 aromatic rings. The van der Waals surface area contributed by atoms with Crippen molar-refractivity contribution in [1.29, 1.82) is 0 Å². The first-order valence-electron chi connectivity index (χ1n) is 9.42. The lowest BCUT2D eigenvalue weighted by Crippen LogP contribution is -2.46. The molecular formula is C21H25ClN4OS. The molecule has 1 fully saturated rings. The number of carbonyl (C=O) groups is 1. The summed E-state index contributed by atoms with van der Waals surface area (Å²) in [5.74, 6) is -0.238. The monoisotopic (exact) mass is 416 g/mol. The molecule has 0 bridgehead atoms. The second-order valence-corrected chi connectivity index (χ2v) is 7.68. The summed E-state index contributed by atoms with van der Waals surface area (Å²) in [6, 6.07) is 13.1. The Kier molecular flexibility index (Phi) is 6.88. The third-order valence-corrected chi connectivity index (χ3v) is 5.38. The summed E-state index contributed by atoms with van der Waals surface area (Å²) in [6.45, 7) is 9.22. The van der Waals surface area contributed by atoms with Gasteiger partial charge in [0.1, 0.15) is 0 Å². The van der Waals surface area contributed by atoms with E-state index in [0.717, 1.165) is 49.7 Å². The van der Waals surface area contributed by atoms with Gasteiger partial charge in [0.15, 0.2) is 5.11 Å². The SMILES string of the molecule is CCN1CCN(c2ccc(NC(=S)NC(=O)c3cccc(C)c3)cc2Cl)CC1. The highest BCUT2D eigenvalue weighted by Crippen LogP contribution is 2.29. The summed E-state index contributed by atoms with van der Waals surface area (Å²) >= 11 is 11.8. The van der Waals surface area contributed by atoms with Crippen LogP contribution in [0, 0.1) is 6.92 Å². The van der Waals surface area contributed by atoms with Crippen LogP contribution in [0.25, 0.3) is 0 Å². The first kappa shape index (κ1) is 20.6. The number of hydrogen-bond donors (Lipinski definition) is 2. The molecule has 1 aliphatic heterocycles. The summed E-state index contributed by atoms with van der Waals surface area (Å²) in [4.78, 5) is 17.0. The molecule has 0 unspecified atom stereocenters. The maximum atomic E-state index is 12.3. The molecule has 148 valence electrons. The molecule has 0 radical (unpaired) electrons. The number of amides is 1. The molecule has 2 N–H and O–H groups in total. The maximum Gasteiger partial charge on any atom is 0.257 e. The van der Waals surface area contributed by atoms with Gasteiger partial charge >= 0.3 is 0 Å². The first-order chi connectivity index (χ1) is 13.5. The Morgan fingerprint density at radius 3 is 2.54 bits per heavy atom. The second kappa shape index (κ2) is 9.37. The fourth-order valence-electron chi connectivity index (χ4n) is 3.27. The highest BCUT2D eigenvalue weighted by molar-refractivity contribution is 7.80. The summed E-state index contributed by atoms with van der Waals surface area (Å²) in [7, 11) is 0. The largest absolute Gasteiger partial charge is 0.368 e. The molecule has 1 saturated heterocycles. The van der Waals surface area contributed by atoms with E-state index in [9.17, 15) is 4.79 Å². The lowest BCUT2D eigenvalue weighted by Gasteiger charge is -2.36. The van der Waals surface area contributed by atoms with E-state index in [2.05, 4.69) is 27.4 Å². The number of rotatable bonds is 4. The summed E-state index contributed by atoms with van der Waals surface area (Å²) in [6.07, 6.45) is 0. The molecule has 0 aromatic heterocycles. The van der Waals surface area contributed by atoms with Crippen LogP contribution in [-0.2, 0) is 0 Å². The number of piperazine rings is 1. The molecule has 3 rings (SSSR count). The molecule has 28 heavy (non-hydrogen) atoms. The molecule has 0 aliphatic carbocycles. The smallest absolute Gasteiger partial charge is 0.257 e. The average molecular weight is 417 g/mol. The molecule has 5 nitrogen and oxygen atoms in total. The van der Waals surface area contributed by atoms with Crippen LogP contribution in [0.2, 0.25) is 5.02 Å². The molecule has 7 heteroatoms. The molecule has 1 heterocycles. The topological polar surface area (TPSA) is 47.6 Å². The normalized spacial score (nSPS) is 14.6. The Balaban J connectivity index is 1.59. The van der Waals surface area contributed by atoms with Gasteiger partial charge in [-0.3, -0.25) is 10.1 Å². The van der Waals surface area contributed by atoms with Crippen molar-refractivity contribution >= 4 is 46.2 Å². The number of halogens is 1. The molecular weight excluding hydrogens is 392 g/mol. The van der Waals surface area contributed by atoms with Gasteiger partial charge in [0.2, 0.25) is 0 Å². The van der Waals surface area contributed by atoms with Crippen LogP contribution in [0.3, 0.4) is 0 Å². The van der Waals surface area contributed by atoms with Gasteiger partial charge in [-0.05, 0) is 56.0 Å². The number of benzene rings is 2. The zero-order valence-electron chi connectivity index (χ0n) is 16.2. The number of nitrogens with one attached hydrogen (secondary N) is 2. The predicted molar refractivity (Wildman–Crippen MR) is 121 cm³/mol. The predicted octanol–water partition coefficient (Wildman–Crippen LogP) is 3.92. The van der Waals surface area contributed by atoms with Gasteiger partial charge in [-0.15, -0.1) is 0 Å². The summed E-state index contributed by atoms with van der Waals surface area (Å²) < 4.78 is 0. The van der Waals surface area contributed by atoms with E-state index in [1.807, 2.05) is 43.3 Å². The van der Waals surface area contributed by atoms with E-state index in [1.165, 1.54) is 0 Å². The Labute approximate surface area is 176 Å². The van der Waals surface area contributed by atoms with Crippen molar-refractivity contribution in [2.24, 2.45) is 0 Å². The lowest BCUT2D eigenvalue weighted by atomic mass is 10.1. The maximum absolute atomic E-state index is 12.3. The van der Waals surface area contributed by atoms with Crippen molar-refractivity contribution in [3.63, 3.8) is 0 Å². The van der Waals surface area contributed by atoms with Crippen LogP contribution in [0.4, 0.5) is 11.4 Å². The van der Waals surface area contributed by atoms with Crippen LogP contribution in [-0.4, -0.2) is 48.6 Å². The number of thiocarbonyl (C=S) groups is 1. The van der Waals surface area contributed by atoms with Crippen molar-refractivity contribution in [3.8, 4) is 0 Å². The summed E-state index contributed by atoms with van der Waals surface area (Å²) in [5, 5.41) is 6.65. The Morgan fingerprint density at radius 2 is 1.89 bits per heavy atom. The number of hydrogen-bond acceptors (Lipinski definition) is 4. The number of nitrogens with zero attached hydrogens (tertiary/aromatic N) is 2. The highest BCUT2D eigenvalue weighted by Gasteiger charge is 2.18. The Bertz CT molecular complexity index is 865. The van der Waals surface area contributed by atoms with Crippen LogP contribution in [0.15, 0.2) is 42.5 Å². The number of anilines is 2. The van der Waals surface area contributed by atoms with Gasteiger partial charge in [-0.2, -0.15) is 0 Å². The van der Waals surface area contributed by atoms with Gasteiger partial charge in [-0.1, -0.05) is 36.2 Å². The molecule has 2 aromatic carbocycles. The zero-order valence-corrected chi connectivity index (χ0v) is 17.7. The van der Waals surface area contributed by atoms with Crippen molar-refractivity contribution in [3.05, 3.63) is 58.6 Å². The van der Waals surface area contributed by atoms with Gasteiger partial charge in [0, 0.05) is 37.4 Å². The Hall–Kier alpha value is -2.15. The quantitative estimate of drug-likeness (QED) is 0.740. The Morgan fingerprint density at radius 1 is 1.14 bits per heavy atom. The zero-order chi connectivity index (χ0) is 20.1. The van der Waals surface area contributed by atoms with Crippen molar-refractivity contribution < 1.29 is 4.79 Å². The molecule has 1 amide bonds. The molecule has 0 spiro atoms. The van der Waals surface area contributed by atoms with Crippen LogP contribution in [0.1, 0.15) is 22.8 Å². The van der Waals surface area contributed by atoms with Gasteiger partial charge in [0.25, 0.3) is 5.91 Å². The van der Waals surface area contributed by atoms with Crippen LogP contribution in [0.5, 0.6) is 0 Å². The van der Waals surface area contributed by atoms with Crippen molar-refractivity contribution in [1.82, 2.24) is 10.2 Å². The van der Waals surface area contributed by atoms with Gasteiger partial charge in [0.05, 0.1) is 10.7 Å². The van der Waals surface area contributed by atoms with Crippen molar-refractivity contribution in [2.75, 3.05) is 42.9 Å². The van der Waals surface area contributed by atoms with Crippen LogP contribution < -0.4 is 15.5 Å². The van der Waals surface area contributed by atoms with E-state index in [4.69, 9.17) is 23.8 Å². The highest BCUT2D eigenvalue weighted by atomic mass is 35.5.